The molecule has 0 saturated carbocycles. The minimum atomic E-state index is -1.94. The highest BCUT2D eigenvalue weighted by molar-refractivity contribution is 5.89. The average Bonchev–Trinajstić information content (AvgIpc) is 3.11. The molecule has 5 atom stereocenters. The molecule has 2 aliphatic heterocycles. The number of aliphatic hydroxyl groups is 2. The molecule has 0 aliphatic carbocycles. The summed E-state index contributed by atoms with van der Waals surface area (Å²) in [5.74, 6) is -1.75. The van der Waals surface area contributed by atoms with Crippen LogP contribution in [0, 0.1) is 0 Å². The third-order valence-electron chi connectivity index (χ3n) is 4.61. The summed E-state index contributed by atoms with van der Waals surface area (Å²) in [6.45, 7) is 2.75. The Balaban J connectivity index is 1.93. The molecule has 146 valence electrons. The van der Waals surface area contributed by atoms with Crippen LogP contribution in [0.15, 0.2) is 35.4 Å². The van der Waals surface area contributed by atoms with Crippen molar-refractivity contribution in [2.45, 2.75) is 56.3 Å². The van der Waals surface area contributed by atoms with Gasteiger partial charge in [-0.2, -0.15) is 0 Å². The van der Waals surface area contributed by atoms with Crippen LogP contribution in [0.4, 0.5) is 0 Å². The van der Waals surface area contributed by atoms with Gasteiger partial charge in [0, 0.05) is 11.5 Å². The van der Waals surface area contributed by atoms with Crippen LogP contribution >= 0.6 is 0 Å². The van der Waals surface area contributed by atoms with Gasteiger partial charge in [0.1, 0.15) is 18.3 Å². The average molecular weight is 378 g/mol. The van der Waals surface area contributed by atoms with Gasteiger partial charge in [-0.15, -0.1) is 0 Å². The maximum Gasteiger partial charge on any atom is 0.238 e. The van der Waals surface area contributed by atoms with Gasteiger partial charge < -0.3 is 29.7 Å². The number of ether oxygens (including phenoxy) is 3. The lowest BCUT2D eigenvalue weighted by Crippen LogP contribution is -2.61. The molecule has 0 aromatic heterocycles. The van der Waals surface area contributed by atoms with Crippen molar-refractivity contribution in [3.05, 3.63) is 46.3 Å². The lowest BCUT2D eigenvalue weighted by atomic mass is 9.85. The number of fused-ring (bicyclic) bond motifs is 1. The minimum absolute atomic E-state index is 0.173. The van der Waals surface area contributed by atoms with E-state index in [-0.39, 0.29) is 6.54 Å². The van der Waals surface area contributed by atoms with Gasteiger partial charge in [-0.25, -0.2) is 0 Å². The van der Waals surface area contributed by atoms with Crippen molar-refractivity contribution >= 4 is 5.91 Å². The fourth-order valence-electron chi connectivity index (χ4n) is 3.43. The Bertz CT molecular complexity index is 738. The highest BCUT2D eigenvalue weighted by atomic mass is 16.8. The number of nitrogens with zero attached hydrogens (tertiary/aromatic N) is 3. The molecule has 2 aliphatic rings. The SMILES string of the molecule is CC1(C)O[C@H]2O[C@H]([C@H](O)CO)[C@@](N=[N+]=[N-])(C(=O)NCc3ccccc3)[C@H]2O1. The van der Waals surface area contributed by atoms with E-state index in [1.807, 2.05) is 30.3 Å². The molecule has 27 heavy (non-hydrogen) atoms. The summed E-state index contributed by atoms with van der Waals surface area (Å²) >= 11 is 0. The van der Waals surface area contributed by atoms with Gasteiger partial charge in [-0.3, -0.25) is 4.79 Å². The number of hydrogen-bond acceptors (Lipinski definition) is 7. The molecule has 0 spiro atoms. The first kappa shape index (κ1) is 19.6. The van der Waals surface area contributed by atoms with Crippen LogP contribution in [0.3, 0.4) is 0 Å². The molecule has 3 rings (SSSR count). The predicted octanol–water partition coefficient (Wildman–Crippen LogP) is 0.581. The molecular formula is C17H22N4O6. The van der Waals surface area contributed by atoms with E-state index < -0.39 is 48.4 Å². The summed E-state index contributed by atoms with van der Waals surface area (Å²) in [5.41, 5.74) is 8.02. The summed E-state index contributed by atoms with van der Waals surface area (Å²) in [4.78, 5) is 15.9. The second kappa shape index (κ2) is 7.43. The Morgan fingerprint density at radius 2 is 2.07 bits per heavy atom. The lowest BCUT2D eigenvalue weighted by Gasteiger charge is -2.34. The number of rotatable bonds is 6. The second-order valence-electron chi connectivity index (χ2n) is 6.91. The third kappa shape index (κ3) is 3.51. The molecular weight excluding hydrogens is 356 g/mol. The number of amides is 1. The zero-order chi connectivity index (χ0) is 19.7. The van der Waals surface area contributed by atoms with Crippen molar-refractivity contribution < 1.29 is 29.2 Å². The van der Waals surface area contributed by atoms with Gasteiger partial charge in [0.2, 0.25) is 5.91 Å². The van der Waals surface area contributed by atoms with Crippen molar-refractivity contribution in [1.29, 1.82) is 0 Å². The predicted molar refractivity (Wildman–Crippen MR) is 92.0 cm³/mol. The van der Waals surface area contributed by atoms with E-state index >= 15 is 0 Å². The molecule has 2 heterocycles. The lowest BCUT2D eigenvalue weighted by molar-refractivity contribution is -0.223. The first-order chi connectivity index (χ1) is 12.8. The Hall–Kier alpha value is -2.20. The van der Waals surface area contributed by atoms with Crippen molar-refractivity contribution in [1.82, 2.24) is 5.32 Å². The quantitative estimate of drug-likeness (QED) is 0.375. The second-order valence-corrected chi connectivity index (χ2v) is 6.91. The minimum Gasteiger partial charge on any atom is -0.394 e. The van der Waals surface area contributed by atoms with Crippen molar-refractivity contribution in [2.24, 2.45) is 5.11 Å². The van der Waals surface area contributed by atoms with Gasteiger partial charge >= 0.3 is 0 Å². The maximum absolute atomic E-state index is 13.1. The van der Waals surface area contributed by atoms with Crippen LogP contribution in [-0.2, 0) is 25.5 Å². The standard InChI is InChI=1S/C17H22N4O6/c1-16(2)26-13-14(27-16)25-12(11(23)9-22)17(13,20-21-18)15(24)19-8-10-6-4-3-5-7-10/h3-7,11-14,22-23H,8-9H2,1-2H3,(H,19,24)/t11-,12-,13+,14-,17+/m1/s1. The Morgan fingerprint density at radius 3 is 2.70 bits per heavy atom. The van der Waals surface area contributed by atoms with E-state index in [1.54, 1.807) is 13.8 Å². The number of aliphatic hydroxyl groups excluding tert-OH is 2. The number of azide groups is 1. The number of carbonyl (C=O) groups excluding carboxylic acids is 1. The third-order valence-corrected chi connectivity index (χ3v) is 4.61. The van der Waals surface area contributed by atoms with E-state index in [2.05, 4.69) is 15.3 Å². The van der Waals surface area contributed by atoms with Crippen LogP contribution in [0.1, 0.15) is 19.4 Å². The summed E-state index contributed by atoms with van der Waals surface area (Å²) < 4.78 is 17.0. The molecule has 10 heteroatoms. The maximum atomic E-state index is 13.1. The Morgan fingerprint density at radius 1 is 1.37 bits per heavy atom. The van der Waals surface area contributed by atoms with E-state index in [9.17, 15) is 15.0 Å². The van der Waals surface area contributed by atoms with Gasteiger partial charge in [0.05, 0.1) is 6.61 Å². The molecule has 1 aromatic carbocycles. The summed E-state index contributed by atoms with van der Waals surface area (Å²) in [6, 6.07) is 9.16. The monoisotopic (exact) mass is 378 g/mol. The van der Waals surface area contributed by atoms with Crippen LogP contribution in [0.25, 0.3) is 10.4 Å². The van der Waals surface area contributed by atoms with E-state index in [0.29, 0.717) is 0 Å². The molecule has 3 N–H and O–H groups in total. The van der Waals surface area contributed by atoms with E-state index in [0.717, 1.165) is 5.56 Å². The number of nitrogens with one attached hydrogen (secondary N) is 1. The molecule has 2 fully saturated rings. The molecule has 0 radical (unpaired) electrons. The van der Waals surface area contributed by atoms with Gasteiger partial charge in [0.15, 0.2) is 17.6 Å². The summed E-state index contributed by atoms with van der Waals surface area (Å²) in [6.07, 6.45) is -4.91. The zero-order valence-electron chi connectivity index (χ0n) is 15.0. The highest BCUT2D eigenvalue weighted by Gasteiger charge is 2.68. The van der Waals surface area contributed by atoms with Crippen LogP contribution in [-0.4, -0.2) is 58.7 Å². The number of benzene rings is 1. The van der Waals surface area contributed by atoms with Crippen molar-refractivity contribution in [2.75, 3.05) is 6.61 Å². The van der Waals surface area contributed by atoms with Crippen molar-refractivity contribution in [3.63, 3.8) is 0 Å². The summed E-state index contributed by atoms with van der Waals surface area (Å²) in [7, 11) is 0. The topological polar surface area (TPSA) is 146 Å². The first-order valence-corrected chi connectivity index (χ1v) is 8.52. The largest absolute Gasteiger partial charge is 0.394 e. The van der Waals surface area contributed by atoms with Crippen molar-refractivity contribution in [3.8, 4) is 0 Å². The fourth-order valence-corrected chi connectivity index (χ4v) is 3.43. The Kier molecular flexibility index (Phi) is 5.38. The number of carbonyl (C=O) groups is 1. The molecule has 2 saturated heterocycles. The van der Waals surface area contributed by atoms with E-state index in [4.69, 9.17) is 19.7 Å². The molecule has 1 aromatic rings. The molecule has 0 bridgehead atoms. The smallest absolute Gasteiger partial charge is 0.238 e. The highest BCUT2D eigenvalue weighted by Crippen LogP contribution is 2.46. The Labute approximate surface area is 155 Å². The molecule has 1 amide bonds. The fraction of sp³-hybridized carbons (Fsp3) is 0.588. The molecule has 0 unspecified atom stereocenters. The van der Waals surface area contributed by atoms with Gasteiger partial charge in [0.25, 0.3) is 0 Å². The van der Waals surface area contributed by atoms with Gasteiger partial charge in [-0.1, -0.05) is 35.4 Å². The zero-order valence-corrected chi connectivity index (χ0v) is 15.0. The van der Waals surface area contributed by atoms with Crippen LogP contribution < -0.4 is 5.32 Å². The number of hydrogen-bond donors (Lipinski definition) is 3. The van der Waals surface area contributed by atoms with Crippen LogP contribution in [0.2, 0.25) is 0 Å². The van der Waals surface area contributed by atoms with Gasteiger partial charge in [-0.05, 0) is 24.9 Å². The summed E-state index contributed by atoms with van der Waals surface area (Å²) in [5, 5.41) is 26.0. The molecule has 10 nitrogen and oxygen atoms in total. The first-order valence-electron chi connectivity index (χ1n) is 8.52. The van der Waals surface area contributed by atoms with E-state index in [1.165, 1.54) is 0 Å². The normalized spacial score (nSPS) is 32.4. The van der Waals surface area contributed by atoms with Crippen LogP contribution in [0.5, 0.6) is 0 Å².